The molecule has 0 radical (unpaired) electrons. The van der Waals surface area contributed by atoms with E-state index >= 15 is 0 Å². The van der Waals surface area contributed by atoms with E-state index < -0.39 is 5.60 Å². The molecule has 8 heteroatoms. The molecule has 1 saturated heterocycles. The Morgan fingerprint density at radius 2 is 1.69 bits per heavy atom. The first kappa shape index (κ1) is 21.6. The summed E-state index contributed by atoms with van der Waals surface area (Å²) in [7, 11) is 0. The van der Waals surface area contributed by atoms with Gasteiger partial charge >= 0.3 is 6.09 Å². The molecule has 1 aliphatic rings. The molecule has 1 N–H and O–H groups in total. The number of aryl methyl sites for hydroxylation is 1. The molecular formula is C21H24N6O2. The Labute approximate surface area is 171 Å². The van der Waals surface area contributed by atoms with Gasteiger partial charge in [0.15, 0.2) is 5.57 Å². The molecule has 2 rings (SSSR count). The Morgan fingerprint density at radius 1 is 1.07 bits per heavy atom. The van der Waals surface area contributed by atoms with Gasteiger partial charge in [0.2, 0.25) is 0 Å². The SMILES string of the molecule is Cc1cc(NC(C#N)=C(C#N)C#N)ccc1N1CCN(C(=O)OC(C)(C)C)CC1. The number of anilines is 2. The number of rotatable bonds is 3. The lowest BCUT2D eigenvalue weighted by Crippen LogP contribution is -2.50. The van der Waals surface area contributed by atoms with E-state index in [9.17, 15) is 4.79 Å². The van der Waals surface area contributed by atoms with Crippen molar-refractivity contribution in [3.63, 3.8) is 0 Å². The van der Waals surface area contributed by atoms with E-state index in [2.05, 4.69) is 10.2 Å². The molecule has 8 nitrogen and oxygen atoms in total. The molecule has 1 fully saturated rings. The van der Waals surface area contributed by atoms with E-state index in [1.807, 2.05) is 45.9 Å². The second-order valence-corrected chi connectivity index (χ2v) is 7.67. The summed E-state index contributed by atoms with van der Waals surface area (Å²) in [6, 6.07) is 10.8. The lowest BCUT2D eigenvalue weighted by Gasteiger charge is -2.37. The lowest BCUT2D eigenvalue weighted by atomic mass is 10.1. The van der Waals surface area contributed by atoms with Crippen LogP contribution in [0.3, 0.4) is 0 Å². The number of carbonyl (C=O) groups is 1. The van der Waals surface area contributed by atoms with Gasteiger partial charge in [0, 0.05) is 37.6 Å². The van der Waals surface area contributed by atoms with Crippen LogP contribution in [-0.2, 0) is 4.74 Å². The first-order valence-corrected chi connectivity index (χ1v) is 9.23. The third kappa shape index (κ3) is 5.64. The van der Waals surface area contributed by atoms with E-state index in [1.165, 1.54) is 0 Å². The van der Waals surface area contributed by atoms with Crippen molar-refractivity contribution in [3.8, 4) is 18.2 Å². The number of benzene rings is 1. The summed E-state index contributed by atoms with van der Waals surface area (Å²) in [6.07, 6.45) is -0.296. The summed E-state index contributed by atoms with van der Waals surface area (Å²) in [5.41, 5.74) is 1.79. The third-order valence-corrected chi connectivity index (χ3v) is 4.32. The fraction of sp³-hybridized carbons (Fsp3) is 0.429. The van der Waals surface area contributed by atoms with Gasteiger partial charge in [-0.15, -0.1) is 0 Å². The molecule has 29 heavy (non-hydrogen) atoms. The summed E-state index contributed by atoms with van der Waals surface area (Å²) in [4.78, 5) is 16.1. The molecule has 0 atom stereocenters. The minimum atomic E-state index is -0.513. The highest BCUT2D eigenvalue weighted by molar-refractivity contribution is 5.69. The van der Waals surface area contributed by atoms with Gasteiger partial charge in [0.05, 0.1) is 0 Å². The van der Waals surface area contributed by atoms with Crippen molar-refractivity contribution in [2.45, 2.75) is 33.3 Å². The van der Waals surface area contributed by atoms with Gasteiger partial charge in [0.25, 0.3) is 0 Å². The van der Waals surface area contributed by atoms with Crippen molar-refractivity contribution < 1.29 is 9.53 Å². The normalized spacial score (nSPS) is 13.6. The third-order valence-electron chi connectivity index (χ3n) is 4.32. The topological polar surface area (TPSA) is 116 Å². The van der Waals surface area contributed by atoms with E-state index in [-0.39, 0.29) is 17.4 Å². The maximum absolute atomic E-state index is 12.2. The number of allylic oxidation sites excluding steroid dienone is 2. The predicted molar refractivity (Wildman–Crippen MR) is 109 cm³/mol. The Bertz CT molecular complexity index is 916. The summed E-state index contributed by atoms with van der Waals surface area (Å²) in [5.74, 6) is 0. The van der Waals surface area contributed by atoms with Crippen LogP contribution in [0.5, 0.6) is 0 Å². The van der Waals surface area contributed by atoms with Crippen molar-refractivity contribution in [1.82, 2.24) is 4.90 Å². The smallest absolute Gasteiger partial charge is 0.410 e. The van der Waals surface area contributed by atoms with E-state index in [4.69, 9.17) is 20.5 Å². The van der Waals surface area contributed by atoms with Gasteiger partial charge in [-0.25, -0.2) is 4.79 Å². The van der Waals surface area contributed by atoms with Crippen LogP contribution in [0.2, 0.25) is 0 Å². The quantitative estimate of drug-likeness (QED) is 0.785. The van der Waals surface area contributed by atoms with Crippen LogP contribution in [0, 0.1) is 40.9 Å². The maximum atomic E-state index is 12.2. The molecular weight excluding hydrogens is 368 g/mol. The van der Waals surface area contributed by atoms with Crippen LogP contribution in [0.25, 0.3) is 0 Å². The fourth-order valence-corrected chi connectivity index (χ4v) is 2.97. The fourth-order valence-electron chi connectivity index (χ4n) is 2.97. The van der Waals surface area contributed by atoms with Crippen LogP contribution < -0.4 is 10.2 Å². The van der Waals surface area contributed by atoms with E-state index in [0.717, 1.165) is 11.3 Å². The molecule has 150 valence electrons. The second kappa shape index (κ2) is 8.99. The van der Waals surface area contributed by atoms with Crippen LogP contribution in [0.15, 0.2) is 29.5 Å². The average Bonchev–Trinajstić information content (AvgIpc) is 2.67. The molecule has 0 saturated carbocycles. The number of carbonyl (C=O) groups excluding carboxylic acids is 1. The van der Waals surface area contributed by atoms with Gasteiger partial charge < -0.3 is 19.9 Å². The monoisotopic (exact) mass is 392 g/mol. The zero-order valence-electron chi connectivity index (χ0n) is 17.1. The van der Waals surface area contributed by atoms with Crippen LogP contribution >= 0.6 is 0 Å². The summed E-state index contributed by atoms with van der Waals surface area (Å²) >= 11 is 0. The zero-order valence-corrected chi connectivity index (χ0v) is 17.1. The molecule has 1 amide bonds. The Kier molecular flexibility index (Phi) is 6.70. The summed E-state index contributed by atoms with van der Waals surface area (Å²) in [6.45, 7) is 10.0. The van der Waals surface area contributed by atoms with Crippen LogP contribution in [-0.4, -0.2) is 42.8 Å². The number of hydrogen-bond acceptors (Lipinski definition) is 7. The van der Waals surface area contributed by atoms with Gasteiger partial charge in [-0.1, -0.05) is 0 Å². The molecule has 0 aliphatic carbocycles. The zero-order chi connectivity index (χ0) is 21.6. The number of piperazine rings is 1. The first-order valence-electron chi connectivity index (χ1n) is 9.23. The maximum Gasteiger partial charge on any atom is 0.410 e. The van der Waals surface area contributed by atoms with Gasteiger partial charge in [-0.3, -0.25) is 0 Å². The number of nitriles is 3. The largest absolute Gasteiger partial charge is 0.444 e. The molecule has 0 aromatic heterocycles. The molecule has 1 heterocycles. The number of ether oxygens (including phenoxy) is 1. The highest BCUT2D eigenvalue weighted by Crippen LogP contribution is 2.26. The Balaban J connectivity index is 2.07. The minimum absolute atomic E-state index is 0.0758. The van der Waals surface area contributed by atoms with E-state index in [0.29, 0.717) is 31.9 Å². The predicted octanol–water partition coefficient (Wildman–Crippen LogP) is 3.29. The molecule has 0 spiro atoms. The lowest BCUT2D eigenvalue weighted by molar-refractivity contribution is 0.0240. The van der Waals surface area contributed by atoms with Crippen molar-refractivity contribution in [2.24, 2.45) is 0 Å². The Hall–Kier alpha value is -3.70. The highest BCUT2D eigenvalue weighted by Gasteiger charge is 2.26. The Morgan fingerprint density at radius 3 is 2.17 bits per heavy atom. The molecule has 1 aromatic carbocycles. The first-order chi connectivity index (χ1) is 13.7. The summed E-state index contributed by atoms with van der Waals surface area (Å²) < 4.78 is 5.43. The highest BCUT2D eigenvalue weighted by atomic mass is 16.6. The van der Waals surface area contributed by atoms with Crippen molar-refractivity contribution in [1.29, 1.82) is 15.8 Å². The van der Waals surface area contributed by atoms with Gasteiger partial charge in [-0.05, 0) is 51.5 Å². The summed E-state index contributed by atoms with van der Waals surface area (Å²) in [5, 5.41) is 29.9. The van der Waals surface area contributed by atoms with Crippen LogP contribution in [0.4, 0.5) is 16.2 Å². The minimum Gasteiger partial charge on any atom is -0.444 e. The molecule has 0 unspecified atom stereocenters. The number of nitrogens with one attached hydrogen (secondary N) is 1. The van der Waals surface area contributed by atoms with E-state index in [1.54, 1.807) is 23.1 Å². The molecule has 1 aromatic rings. The number of amides is 1. The average molecular weight is 392 g/mol. The van der Waals surface area contributed by atoms with Crippen molar-refractivity contribution >= 4 is 17.5 Å². The van der Waals surface area contributed by atoms with Gasteiger partial charge in [-0.2, -0.15) is 15.8 Å². The molecule has 1 aliphatic heterocycles. The van der Waals surface area contributed by atoms with Crippen molar-refractivity contribution in [2.75, 3.05) is 36.4 Å². The van der Waals surface area contributed by atoms with Gasteiger partial charge in [0.1, 0.15) is 29.5 Å². The van der Waals surface area contributed by atoms with Crippen LogP contribution in [0.1, 0.15) is 26.3 Å². The molecule has 0 bridgehead atoms. The second-order valence-electron chi connectivity index (χ2n) is 7.67. The van der Waals surface area contributed by atoms with Crippen molar-refractivity contribution in [3.05, 3.63) is 35.0 Å². The number of hydrogen-bond donors (Lipinski definition) is 1. The number of nitrogens with zero attached hydrogens (tertiary/aromatic N) is 5. The standard InChI is InChI=1S/C21H24N6O2/c1-15-11-17(25-18(14-24)16(12-22)13-23)5-6-19(15)26-7-9-27(10-8-26)20(28)29-21(2,3)4/h5-6,11,25H,7-10H2,1-4H3.